The van der Waals surface area contributed by atoms with E-state index in [-0.39, 0.29) is 103 Å². The van der Waals surface area contributed by atoms with Gasteiger partial charge in [0.05, 0.1) is 19.3 Å². The van der Waals surface area contributed by atoms with Crippen molar-refractivity contribution in [3.05, 3.63) is 23.3 Å². The second kappa shape index (κ2) is 10.3. The van der Waals surface area contributed by atoms with E-state index in [0.29, 0.717) is 11.5 Å². The molecule has 2 saturated heterocycles. The zero-order valence-corrected chi connectivity index (χ0v) is 22.8. The number of hydrogen-bond donors (Lipinski definition) is 3. The summed E-state index contributed by atoms with van der Waals surface area (Å²) >= 11 is 0. The van der Waals surface area contributed by atoms with Crippen LogP contribution in [0.2, 0.25) is 0 Å². The fourth-order valence-corrected chi connectivity index (χ4v) is 4.01. The maximum Gasteiger partial charge on any atom is 0.164 e. The Morgan fingerprint density at radius 1 is 0.786 bits per heavy atom. The molecule has 2 aliphatic carbocycles. The third-order valence-electron chi connectivity index (χ3n) is 5.07. The van der Waals surface area contributed by atoms with Gasteiger partial charge in [-0.3, -0.25) is 0 Å². The van der Waals surface area contributed by atoms with Crippen molar-refractivity contribution in [3.63, 3.8) is 0 Å². The SMILES string of the molecule is CC1(C)OC2[C@@H](O)C=C(CO)[C@@H]2O1.C[C@@H]1C=C(CO)[C@H]2OC(C)(C)OC12.[Y].[Y]. The van der Waals surface area contributed by atoms with E-state index in [0.717, 1.165) is 5.57 Å². The van der Waals surface area contributed by atoms with Gasteiger partial charge in [-0.15, -0.1) is 0 Å². The van der Waals surface area contributed by atoms with Crippen molar-refractivity contribution in [2.75, 3.05) is 13.2 Å². The van der Waals surface area contributed by atoms with Crippen LogP contribution in [-0.2, 0) is 84.4 Å². The smallest absolute Gasteiger partial charge is 0.164 e. The van der Waals surface area contributed by atoms with E-state index in [4.69, 9.17) is 29.2 Å². The first-order chi connectivity index (χ1) is 12.1. The van der Waals surface area contributed by atoms with Gasteiger partial charge in [-0.25, -0.2) is 0 Å². The largest absolute Gasteiger partial charge is 0.392 e. The molecule has 0 amide bonds. The van der Waals surface area contributed by atoms with Gasteiger partial charge in [-0.05, 0) is 44.9 Å². The molecule has 0 saturated carbocycles. The van der Waals surface area contributed by atoms with Crippen LogP contribution in [0.1, 0.15) is 34.6 Å². The van der Waals surface area contributed by atoms with Crippen molar-refractivity contribution in [2.45, 2.75) is 76.7 Å². The molecule has 0 bridgehead atoms. The van der Waals surface area contributed by atoms with E-state index in [1.54, 1.807) is 19.9 Å². The standard InChI is InChI=1S/C10H16O3.C9H14O4.2Y/c1-6-4-7(5-11)9-8(6)12-10(2,3)13-9;1-9(2)12-7-5(4-10)3-6(11)8(7)13-9;;/h4,6,8-9,11H,5H2,1-3H3;3,6-8,10-11H,4H2,1-2H3;;/t6-,8?,9-;6-,7-,8?;;/m10../s1. The van der Waals surface area contributed by atoms with Gasteiger partial charge in [0.2, 0.25) is 0 Å². The summed E-state index contributed by atoms with van der Waals surface area (Å²) in [7, 11) is 0. The maximum absolute atomic E-state index is 9.54. The summed E-state index contributed by atoms with van der Waals surface area (Å²) in [6.07, 6.45) is 2.42. The first-order valence-corrected chi connectivity index (χ1v) is 9.09. The van der Waals surface area contributed by atoms with Crippen LogP contribution in [0, 0.1) is 5.92 Å². The fourth-order valence-electron chi connectivity index (χ4n) is 4.01. The normalized spacial score (nSPS) is 38.9. The van der Waals surface area contributed by atoms with Crippen LogP contribution in [0.25, 0.3) is 0 Å². The van der Waals surface area contributed by atoms with Crippen molar-refractivity contribution in [1.29, 1.82) is 0 Å². The fraction of sp³-hybridized carbons (Fsp3) is 0.789. The summed E-state index contributed by atoms with van der Waals surface area (Å²) in [6, 6.07) is 0. The van der Waals surface area contributed by atoms with Gasteiger partial charge in [0.1, 0.15) is 24.4 Å². The molecule has 0 spiro atoms. The minimum absolute atomic E-state index is 0. The van der Waals surface area contributed by atoms with Crippen molar-refractivity contribution in [3.8, 4) is 0 Å². The predicted octanol–water partition coefficient (Wildman–Crippen LogP) is 0.870. The molecular formula is C19H30O7Y2. The van der Waals surface area contributed by atoms with E-state index >= 15 is 0 Å². The average molecular weight is 548 g/mol. The summed E-state index contributed by atoms with van der Waals surface area (Å²) in [6.45, 7) is 9.49. The van der Waals surface area contributed by atoms with Crippen molar-refractivity contribution < 1.29 is 99.7 Å². The van der Waals surface area contributed by atoms with Gasteiger partial charge in [0, 0.05) is 71.3 Å². The maximum atomic E-state index is 9.54. The molecule has 4 rings (SSSR count). The van der Waals surface area contributed by atoms with Crippen LogP contribution in [0.4, 0.5) is 0 Å². The molecule has 2 fully saturated rings. The van der Waals surface area contributed by atoms with Crippen LogP contribution in [-0.4, -0.2) is 70.6 Å². The molecule has 0 aromatic carbocycles. The average Bonchev–Trinajstić information content (AvgIpc) is 3.21. The topological polar surface area (TPSA) is 97.6 Å². The molecular weight excluding hydrogens is 518 g/mol. The van der Waals surface area contributed by atoms with Crippen molar-refractivity contribution in [2.24, 2.45) is 5.92 Å². The van der Waals surface area contributed by atoms with E-state index < -0.39 is 17.7 Å². The van der Waals surface area contributed by atoms with Crippen LogP contribution in [0.5, 0.6) is 0 Å². The van der Waals surface area contributed by atoms with Gasteiger partial charge in [0.15, 0.2) is 11.6 Å². The number of aliphatic hydroxyl groups is 3. The minimum Gasteiger partial charge on any atom is -0.392 e. The van der Waals surface area contributed by atoms with Crippen LogP contribution >= 0.6 is 0 Å². The Balaban J connectivity index is 0.000000261. The van der Waals surface area contributed by atoms with Crippen LogP contribution in [0.15, 0.2) is 23.3 Å². The zero-order valence-electron chi connectivity index (χ0n) is 17.2. The van der Waals surface area contributed by atoms with Gasteiger partial charge in [-0.2, -0.15) is 0 Å². The molecule has 2 unspecified atom stereocenters. The number of aliphatic hydroxyl groups excluding tert-OH is 3. The van der Waals surface area contributed by atoms with Gasteiger partial charge in [0.25, 0.3) is 0 Å². The molecule has 7 nitrogen and oxygen atoms in total. The number of rotatable bonds is 2. The Labute approximate surface area is 217 Å². The number of fused-ring (bicyclic) bond motifs is 2. The van der Waals surface area contributed by atoms with E-state index in [1.807, 2.05) is 19.9 Å². The Morgan fingerprint density at radius 3 is 1.71 bits per heavy atom. The second-order valence-corrected chi connectivity index (χ2v) is 8.19. The Hall–Kier alpha value is 1.41. The Bertz CT molecular complexity index is 553. The summed E-state index contributed by atoms with van der Waals surface area (Å²) in [5, 5.41) is 27.6. The Kier molecular flexibility index (Phi) is 10.1. The molecule has 28 heavy (non-hydrogen) atoms. The van der Waals surface area contributed by atoms with Crippen LogP contribution in [0.3, 0.4) is 0 Å². The van der Waals surface area contributed by atoms with Gasteiger partial charge < -0.3 is 34.3 Å². The summed E-state index contributed by atoms with van der Waals surface area (Å²) in [5.41, 5.74) is 1.67. The molecule has 9 heteroatoms. The quantitative estimate of drug-likeness (QED) is 0.441. The van der Waals surface area contributed by atoms with E-state index in [9.17, 15) is 5.11 Å². The Morgan fingerprint density at radius 2 is 1.21 bits per heavy atom. The monoisotopic (exact) mass is 548 g/mol. The minimum atomic E-state index is -0.662. The second-order valence-electron chi connectivity index (χ2n) is 8.19. The summed E-state index contributed by atoms with van der Waals surface area (Å²) in [4.78, 5) is 0. The van der Waals surface area contributed by atoms with Gasteiger partial charge in [-0.1, -0.05) is 13.0 Å². The third-order valence-corrected chi connectivity index (χ3v) is 5.07. The number of ether oxygens (including phenoxy) is 4. The zero-order chi connectivity index (χ0) is 19.3. The van der Waals surface area contributed by atoms with E-state index in [1.165, 1.54) is 0 Å². The first-order valence-electron chi connectivity index (χ1n) is 9.09. The van der Waals surface area contributed by atoms with E-state index in [2.05, 4.69) is 6.92 Å². The van der Waals surface area contributed by atoms with Crippen LogP contribution < -0.4 is 0 Å². The molecule has 6 atom stereocenters. The number of hydrogen-bond acceptors (Lipinski definition) is 7. The van der Waals surface area contributed by atoms with Gasteiger partial charge >= 0.3 is 0 Å². The van der Waals surface area contributed by atoms with Crippen molar-refractivity contribution >= 4 is 0 Å². The summed E-state index contributed by atoms with van der Waals surface area (Å²) < 4.78 is 22.4. The first kappa shape index (κ1) is 27.4. The summed E-state index contributed by atoms with van der Waals surface area (Å²) in [5.74, 6) is -0.822. The molecule has 2 radical (unpaired) electrons. The molecule has 154 valence electrons. The molecule has 2 heterocycles. The molecule has 0 aromatic heterocycles. The molecule has 0 aromatic rings. The molecule has 3 N–H and O–H groups in total. The van der Waals surface area contributed by atoms with Crippen molar-refractivity contribution in [1.82, 2.24) is 0 Å². The molecule has 4 aliphatic rings. The third kappa shape index (κ3) is 5.80. The molecule has 2 aliphatic heterocycles. The predicted molar refractivity (Wildman–Crippen MR) is 93.2 cm³/mol.